The molecule has 27 heavy (non-hydrogen) atoms. The van der Waals surface area contributed by atoms with Crippen molar-refractivity contribution in [3.05, 3.63) is 58.7 Å². The normalized spacial score (nSPS) is 11.1. The summed E-state index contributed by atoms with van der Waals surface area (Å²) in [6.45, 7) is 2.59. The van der Waals surface area contributed by atoms with E-state index in [2.05, 4.69) is 42.4 Å². The van der Waals surface area contributed by atoms with Crippen LogP contribution in [0.15, 0.2) is 41.8 Å². The second-order valence-corrected chi connectivity index (χ2v) is 6.11. The maximum Gasteiger partial charge on any atom is 0.274 e. The zero-order valence-electron chi connectivity index (χ0n) is 14.8. The van der Waals surface area contributed by atoms with Crippen LogP contribution in [0.1, 0.15) is 31.0 Å². The standard InChI is InChI=1S/C17H19N9O/c1-2-3-4-13-7-15(27)26-17(22-13)23-16(24-26)20-8-12-9-21-25(11-12)14-10-18-5-6-19-14/h5-7,9-11H,2-4,8H2,1H3,(H2,20,22,23,24). The molecule has 0 saturated heterocycles. The first-order valence-corrected chi connectivity index (χ1v) is 8.75. The van der Waals surface area contributed by atoms with E-state index >= 15 is 0 Å². The van der Waals surface area contributed by atoms with Crippen LogP contribution >= 0.6 is 0 Å². The SMILES string of the molecule is CCCCc1cc(=O)n2[nH]c(NCc3cnn(-c4cnccn4)c3)nc2n1. The van der Waals surface area contributed by atoms with Crippen LogP contribution in [0, 0.1) is 0 Å². The molecule has 2 N–H and O–H groups in total. The average molecular weight is 365 g/mol. The molecule has 0 unspecified atom stereocenters. The molecule has 10 heteroatoms. The van der Waals surface area contributed by atoms with Gasteiger partial charge in [-0.05, 0) is 12.8 Å². The van der Waals surface area contributed by atoms with Crippen molar-refractivity contribution in [3.63, 3.8) is 0 Å². The minimum absolute atomic E-state index is 0.165. The van der Waals surface area contributed by atoms with E-state index in [1.54, 1.807) is 35.5 Å². The Hall–Kier alpha value is -3.56. The van der Waals surface area contributed by atoms with Gasteiger partial charge in [0.25, 0.3) is 11.3 Å². The number of hydrogen-bond donors (Lipinski definition) is 2. The fourth-order valence-electron chi connectivity index (χ4n) is 2.66. The largest absolute Gasteiger partial charge is 0.350 e. The molecule has 10 nitrogen and oxygen atoms in total. The third-order valence-corrected chi connectivity index (χ3v) is 4.05. The van der Waals surface area contributed by atoms with Gasteiger partial charge in [0.2, 0.25) is 5.95 Å². The van der Waals surface area contributed by atoms with E-state index in [0.29, 0.717) is 24.1 Å². The first kappa shape index (κ1) is 16.9. The van der Waals surface area contributed by atoms with E-state index < -0.39 is 0 Å². The minimum atomic E-state index is -0.165. The molecule has 0 aliphatic carbocycles. The predicted molar refractivity (Wildman–Crippen MR) is 98.7 cm³/mol. The Balaban J connectivity index is 1.48. The fourth-order valence-corrected chi connectivity index (χ4v) is 2.66. The summed E-state index contributed by atoms with van der Waals surface area (Å²) in [5.74, 6) is 1.48. The van der Waals surface area contributed by atoms with Crippen LogP contribution in [-0.2, 0) is 13.0 Å². The summed E-state index contributed by atoms with van der Waals surface area (Å²) in [5.41, 5.74) is 1.54. The molecule has 0 spiro atoms. The lowest BCUT2D eigenvalue weighted by Gasteiger charge is -1.99. The summed E-state index contributed by atoms with van der Waals surface area (Å²) in [5, 5.41) is 10.3. The van der Waals surface area contributed by atoms with Gasteiger partial charge in [0.15, 0.2) is 5.82 Å². The van der Waals surface area contributed by atoms with Crippen molar-refractivity contribution < 1.29 is 0 Å². The van der Waals surface area contributed by atoms with Gasteiger partial charge in [-0.25, -0.2) is 14.6 Å². The van der Waals surface area contributed by atoms with Gasteiger partial charge in [0.1, 0.15) is 0 Å². The molecule has 4 heterocycles. The molecule has 0 saturated carbocycles. The van der Waals surface area contributed by atoms with E-state index in [1.165, 1.54) is 4.52 Å². The zero-order valence-corrected chi connectivity index (χ0v) is 14.8. The number of aryl methyl sites for hydroxylation is 1. The predicted octanol–water partition coefficient (Wildman–Crippen LogP) is 1.35. The van der Waals surface area contributed by atoms with Crippen molar-refractivity contribution in [3.8, 4) is 5.82 Å². The summed E-state index contributed by atoms with van der Waals surface area (Å²) in [4.78, 5) is 29.2. The van der Waals surface area contributed by atoms with E-state index in [-0.39, 0.29) is 5.56 Å². The third kappa shape index (κ3) is 3.68. The number of H-pyrrole nitrogens is 1. The van der Waals surface area contributed by atoms with Crippen LogP contribution in [0.2, 0.25) is 0 Å². The lowest BCUT2D eigenvalue weighted by Crippen LogP contribution is -2.15. The minimum Gasteiger partial charge on any atom is -0.350 e. The second kappa shape index (κ2) is 7.36. The van der Waals surface area contributed by atoms with Crippen LogP contribution in [0.5, 0.6) is 0 Å². The van der Waals surface area contributed by atoms with Gasteiger partial charge in [-0.3, -0.25) is 14.9 Å². The highest BCUT2D eigenvalue weighted by molar-refractivity contribution is 5.37. The molecule has 138 valence electrons. The molecule has 4 aromatic rings. The summed E-state index contributed by atoms with van der Waals surface area (Å²) in [6, 6.07) is 1.55. The molecule has 0 fully saturated rings. The highest BCUT2D eigenvalue weighted by atomic mass is 16.1. The fraction of sp³-hybridized carbons (Fsp3) is 0.294. The van der Waals surface area contributed by atoms with Crippen molar-refractivity contribution in [2.24, 2.45) is 0 Å². The van der Waals surface area contributed by atoms with E-state index in [9.17, 15) is 4.79 Å². The lowest BCUT2D eigenvalue weighted by atomic mass is 10.2. The van der Waals surface area contributed by atoms with Gasteiger partial charge < -0.3 is 5.32 Å². The van der Waals surface area contributed by atoms with Crippen LogP contribution in [0.4, 0.5) is 5.95 Å². The van der Waals surface area contributed by atoms with Crippen LogP contribution in [0.3, 0.4) is 0 Å². The first-order valence-electron chi connectivity index (χ1n) is 8.75. The molecule has 0 atom stereocenters. The Morgan fingerprint density at radius 1 is 1.22 bits per heavy atom. The summed E-state index contributed by atoms with van der Waals surface area (Å²) < 4.78 is 2.98. The van der Waals surface area contributed by atoms with Crippen molar-refractivity contribution >= 4 is 11.7 Å². The molecular weight excluding hydrogens is 346 g/mol. The quantitative estimate of drug-likeness (QED) is 0.507. The van der Waals surface area contributed by atoms with Crippen LogP contribution in [-0.4, -0.2) is 39.3 Å². The van der Waals surface area contributed by atoms with Gasteiger partial charge >= 0.3 is 0 Å². The molecule has 0 radical (unpaired) electrons. The first-order chi connectivity index (χ1) is 13.2. The summed E-state index contributed by atoms with van der Waals surface area (Å²) in [6.07, 6.45) is 11.3. The molecular formula is C17H19N9O. The number of aromatic amines is 1. The molecule has 4 aromatic heterocycles. The Morgan fingerprint density at radius 2 is 2.15 bits per heavy atom. The Kier molecular flexibility index (Phi) is 4.60. The monoisotopic (exact) mass is 365 g/mol. The van der Waals surface area contributed by atoms with Gasteiger partial charge in [0, 0.05) is 36.8 Å². The van der Waals surface area contributed by atoms with Crippen molar-refractivity contribution in [1.82, 2.24) is 39.3 Å². The van der Waals surface area contributed by atoms with Crippen LogP contribution < -0.4 is 10.9 Å². The molecule has 0 aliphatic rings. The summed E-state index contributed by atoms with van der Waals surface area (Å²) >= 11 is 0. The number of anilines is 1. The maximum absolute atomic E-state index is 12.2. The number of nitrogens with one attached hydrogen (secondary N) is 2. The highest BCUT2D eigenvalue weighted by Gasteiger charge is 2.09. The molecule has 0 amide bonds. The van der Waals surface area contributed by atoms with Crippen molar-refractivity contribution in [2.45, 2.75) is 32.7 Å². The van der Waals surface area contributed by atoms with E-state index in [4.69, 9.17) is 0 Å². The Bertz CT molecular complexity index is 1100. The van der Waals surface area contributed by atoms with Gasteiger partial charge in [-0.2, -0.15) is 14.6 Å². The van der Waals surface area contributed by atoms with E-state index in [0.717, 1.165) is 30.5 Å². The number of aromatic nitrogens is 8. The van der Waals surface area contributed by atoms with Crippen molar-refractivity contribution in [1.29, 1.82) is 0 Å². The number of unbranched alkanes of at least 4 members (excludes halogenated alkanes) is 1. The smallest absolute Gasteiger partial charge is 0.274 e. The maximum atomic E-state index is 12.2. The number of fused-ring (bicyclic) bond motifs is 1. The van der Waals surface area contributed by atoms with Crippen molar-refractivity contribution in [2.75, 3.05) is 5.32 Å². The van der Waals surface area contributed by atoms with Gasteiger partial charge in [-0.1, -0.05) is 13.3 Å². The summed E-state index contributed by atoms with van der Waals surface area (Å²) in [7, 11) is 0. The average Bonchev–Trinajstić information content (AvgIpc) is 3.32. The molecule has 0 bridgehead atoms. The third-order valence-electron chi connectivity index (χ3n) is 4.05. The molecule has 4 rings (SSSR count). The molecule has 0 aromatic carbocycles. The Labute approximate surface area is 154 Å². The lowest BCUT2D eigenvalue weighted by molar-refractivity contribution is 0.766. The number of nitrogens with zero attached hydrogens (tertiary/aromatic N) is 7. The number of rotatable bonds is 7. The zero-order chi connectivity index (χ0) is 18.6. The Morgan fingerprint density at radius 3 is 2.96 bits per heavy atom. The topological polar surface area (TPSA) is 119 Å². The second-order valence-electron chi connectivity index (χ2n) is 6.11. The number of hydrogen-bond acceptors (Lipinski definition) is 7. The highest BCUT2D eigenvalue weighted by Crippen LogP contribution is 2.08. The van der Waals surface area contributed by atoms with Gasteiger partial charge in [0.05, 0.1) is 18.1 Å². The molecule has 0 aliphatic heterocycles. The van der Waals surface area contributed by atoms with Gasteiger partial charge in [-0.15, -0.1) is 0 Å². The van der Waals surface area contributed by atoms with E-state index in [1.807, 2.05) is 6.20 Å². The van der Waals surface area contributed by atoms with Crippen LogP contribution in [0.25, 0.3) is 11.6 Å².